The number of hydrogen-bond acceptors (Lipinski definition) is 5. The maximum Gasteiger partial charge on any atom is 0.140 e. The Balaban J connectivity index is 1.31. The third kappa shape index (κ3) is 4.23. The number of benzene rings is 2. The molecular weight excluding hydrogens is 432 g/mol. The molecule has 5 aromatic rings. The van der Waals surface area contributed by atoms with Crippen LogP contribution in [0.25, 0.3) is 22.4 Å². The topological polar surface area (TPSA) is 67.7 Å². The van der Waals surface area contributed by atoms with Crippen LogP contribution in [0.1, 0.15) is 24.6 Å². The highest BCUT2D eigenvalue weighted by Crippen LogP contribution is 2.33. The molecule has 0 saturated heterocycles. The van der Waals surface area contributed by atoms with Gasteiger partial charge in [-0.25, -0.2) is 4.98 Å². The molecule has 6 nitrogen and oxygen atoms in total. The largest absolute Gasteiger partial charge is 0.355 e. The Kier molecular flexibility index (Phi) is 5.41. The molecule has 1 aliphatic rings. The van der Waals surface area contributed by atoms with Gasteiger partial charge in [-0.1, -0.05) is 19.1 Å². The molecule has 3 aromatic heterocycles. The van der Waals surface area contributed by atoms with E-state index in [2.05, 4.69) is 87.7 Å². The van der Waals surface area contributed by atoms with Gasteiger partial charge in [0.1, 0.15) is 5.82 Å². The summed E-state index contributed by atoms with van der Waals surface area (Å²) in [5, 5.41) is 7.10. The predicted octanol–water partition coefficient (Wildman–Crippen LogP) is 6.64. The first kappa shape index (κ1) is 21.4. The number of imidazole rings is 1. The van der Waals surface area contributed by atoms with Crippen LogP contribution >= 0.6 is 0 Å². The third-order valence-electron chi connectivity index (χ3n) is 6.82. The summed E-state index contributed by atoms with van der Waals surface area (Å²) in [4.78, 5) is 13.7. The summed E-state index contributed by atoms with van der Waals surface area (Å²) in [6.45, 7) is 2.32. The van der Waals surface area contributed by atoms with Crippen LogP contribution in [0.15, 0.2) is 79.3 Å². The Morgan fingerprint density at radius 3 is 2.63 bits per heavy atom. The second-order valence-electron chi connectivity index (χ2n) is 9.40. The van der Waals surface area contributed by atoms with E-state index in [4.69, 9.17) is 4.98 Å². The number of aryl methyl sites for hydroxylation is 2. The minimum Gasteiger partial charge on any atom is -0.355 e. The molecule has 1 aliphatic carbocycles. The van der Waals surface area contributed by atoms with Crippen LogP contribution in [-0.2, 0) is 19.9 Å². The number of anilines is 4. The minimum absolute atomic E-state index is 0.693. The molecule has 0 aliphatic heterocycles. The molecule has 0 radical (unpaired) electrons. The number of hydrogen-bond donors (Lipinski definition) is 2. The van der Waals surface area contributed by atoms with Gasteiger partial charge in [0, 0.05) is 59.6 Å². The second-order valence-corrected chi connectivity index (χ2v) is 9.40. The molecule has 3 heterocycles. The number of nitrogens with one attached hydrogen (secondary N) is 2. The summed E-state index contributed by atoms with van der Waals surface area (Å²) in [6, 6.07) is 20.7. The molecular formula is C29H28N6. The molecule has 0 fully saturated rings. The average Bonchev–Trinajstić information content (AvgIpc) is 3.21. The van der Waals surface area contributed by atoms with Crippen molar-refractivity contribution in [2.24, 2.45) is 13.0 Å². The molecule has 6 rings (SSSR count). The summed E-state index contributed by atoms with van der Waals surface area (Å²) in [6.07, 6.45) is 8.84. The highest BCUT2D eigenvalue weighted by molar-refractivity contribution is 5.85. The van der Waals surface area contributed by atoms with Gasteiger partial charge in [0.2, 0.25) is 0 Å². The summed E-state index contributed by atoms with van der Waals surface area (Å²) in [5.41, 5.74) is 9.97. The van der Waals surface area contributed by atoms with Crippen molar-refractivity contribution in [1.82, 2.24) is 19.5 Å². The first-order valence-electron chi connectivity index (χ1n) is 12.1. The summed E-state index contributed by atoms with van der Waals surface area (Å²) in [5.74, 6) is 1.63. The lowest BCUT2D eigenvalue weighted by Gasteiger charge is -2.23. The standard InChI is InChI=1S/C29H28N6/c1-19-6-8-25-24(16-19)26(12-15-31-25)33-23-7-9-27-28(18-23)35(2)29(34-27)20-4-3-5-22(17-20)32-21-10-13-30-14-11-21/h3-5,7,9-15,17-19H,6,8,16H2,1-2H3,(H,30,32)(H,31,33). The molecule has 1 unspecified atom stereocenters. The fourth-order valence-electron chi connectivity index (χ4n) is 4.95. The fraction of sp³-hybridized carbons (Fsp3) is 0.207. The molecule has 0 spiro atoms. The zero-order chi connectivity index (χ0) is 23.8. The summed E-state index contributed by atoms with van der Waals surface area (Å²) >= 11 is 0. The van der Waals surface area contributed by atoms with Crippen molar-refractivity contribution >= 4 is 33.8 Å². The van der Waals surface area contributed by atoms with Gasteiger partial charge >= 0.3 is 0 Å². The van der Waals surface area contributed by atoms with Crippen LogP contribution in [0.4, 0.5) is 22.7 Å². The van der Waals surface area contributed by atoms with E-state index in [1.807, 2.05) is 18.3 Å². The molecule has 0 amide bonds. The maximum absolute atomic E-state index is 4.95. The van der Waals surface area contributed by atoms with E-state index in [9.17, 15) is 0 Å². The van der Waals surface area contributed by atoms with E-state index in [0.29, 0.717) is 5.92 Å². The van der Waals surface area contributed by atoms with Crippen molar-refractivity contribution in [3.63, 3.8) is 0 Å². The molecule has 0 saturated carbocycles. The van der Waals surface area contributed by atoms with E-state index < -0.39 is 0 Å². The van der Waals surface area contributed by atoms with Gasteiger partial charge in [0.15, 0.2) is 0 Å². The SMILES string of the molecule is CC1CCc2nccc(Nc3ccc4nc(-c5cccc(Nc6ccncc6)c5)n(C)c4c3)c2C1. The van der Waals surface area contributed by atoms with Crippen molar-refractivity contribution in [1.29, 1.82) is 0 Å². The predicted molar refractivity (Wildman–Crippen MR) is 142 cm³/mol. The van der Waals surface area contributed by atoms with Crippen molar-refractivity contribution < 1.29 is 0 Å². The molecule has 2 N–H and O–H groups in total. The van der Waals surface area contributed by atoms with Gasteiger partial charge in [0.25, 0.3) is 0 Å². The van der Waals surface area contributed by atoms with Crippen LogP contribution in [0.5, 0.6) is 0 Å². The maximum atomic E-state index is 4.95. The Labute approximate surface area is 205 Å². The van der Waals surface area contributed by atoms with Gasteiger partial charge in [-0.15, -0.1) is 0 Å². The monoisotopic (exact) mass is 460 g/mol. The number of aromatic nitrogens is 4. The van der Waals surface area contributed by atoms with Crippen LogP contribution < -0.4 is 10.6 Å². The summed E-state index contributed by atoms with van der Waals surface area (Å²) < 4.78 is 2.16. The van der Waals surface area contributed by atoms with Crippen LogP contribution in [0.3, 0.4) is 0 Å². The number of rotatable bonds is 5. The highest BCUT2D eigenvalue weighted by atomic mass is 15.1. The zero-order valence-electron chi connectivity index (χ0n) is 20.0. The van der Waals surface area contributed by atoms with Gasteiger partial charge in [-0.05, 0) is 79.3 Å². The van der Waals surface area contributed by atoms with Crippen LogP contribution in [-0.4, -0.2) is 19.5 Å². The van der Waals surface area contributed by atoms with E-state index in [1.54, 1.807) is 12.4 Å². The third-order valence-corrected chi connectivity index (χ3v) is 6.82. The average molecular weight is 461 g/mol. The first-order chi connectivity index (χ1) is 17.1. The number of fused-ring (bicyclic) bond motifs is 2. The molecule has 0 bridgehead atoms. The fourth-order valence-corrected chi connectivity index (χ4v) is 4.95. The lowest BCUT2D eigenvalue weighted by Crippen LogP contribution is -2.14. The highest BCUT2D eigenvalue weighted by Gasteiger charge is 2.19. The van der Waals surface area contributed by atoms with Gasteiger partial charge in [-0.3, -0.25) is 9.97 Å². The van der Waals surface area contributed by atoms with Crippen LogP contribution in [0, 0.1) is 5.92 Å². The van der Waals surface area contributed by atoms with Gasteiger partial charge < -0.3 is 15.2 Å². The van der Waals surface area contributed by atoms with Crippen molar-refractivity contribution in [2.45, 2.75) is 26.2 Å². The van der Waals surface area contributed by atoms with Gasteiger partial charge in [-0.2, -0.15) is 0 Å². The normalized spacial score (nSPS) is 15.1. The smallest absolute Gasteiger partial charge is 0.140 e. The first-order valence-corrected chi connectivity index (χ1v) is 12.1. The molecule has 174 valence electrons. The lowest BCUT2D eigenvalue weighted by atomic mass is 9.87. The zero-order valence-corrected chi connectivity index (χ0v) is 20.0. The lowest BCUT2D eigenvalue weighted by molar-refractivity contribution is 0.495. The van der Waals surface area contributed by atoms with E-state index in [0.717, 1.165) is 58.0 Å². The Hall–Kier alpha value is -4.19. The molecule has 35 heavy (non-hydrogen) atoms. The Morgan fingerprint density at radius 1 is 0.886 bits per heavy atom. The second kappa shape index (κ2) is 8.87. The Bertz CT molecular complexity index is 1500. The van der Waals surface area contributed by atoms with Gasteiger partial charge in [0.05, 0.1) is 11.0 Å². The van der Waals surface area contributed by atoms with Crippen molar-refractivity contribution in [3.8, 4) is 11.4 Å². The molecule has 2 aromatic carbocycles. The number of pyridine rings is 2. The van der Waals surface area contributed by atoms with Crippen molar-refractivity contribution in [2.75, 3.05) is 10.6 Å². The quantitative estimate of drug-likeness (QED) is 0.308. The number of nitrogens with zero attached hydrogens (tertiary/aromatic N) is 4. The van der Waals surface area contributed by atoms with Crippen molar-refractivity contribution in [3.05, 3.63) is 90.5 Å². The van der Waals surface area contributed by atoms with E-state index >= 15 is 0 Å². The van der Waals surface area contributed by atoms with E-state index in [1.165, 1.54) is 17.7 Å². The van der Waals surface area contributed by atoms with E-state index in [-0.39, 0.29) is 0 Å². The Morgan fingerprint density at radius 2 is 1.74 bits per heavy atom. The molecule has 6 heteroatoms. The molecule has 1 atom stereocenters. The summed E-state index contributed by atoms with van der Waals surface area (Å²) in [7, 11) is 2.08. The minimum atomic E-state index is 0.693. The van der Waals surface area contributed by atoms with Crippen LogP contribution in [0.2, 0.25) is 0 Å².